The Morgan fingerprint density at radius 1 is 1.33 bits per heavy atom. The molecule has 1 saturated heterocycles. The minimum absolute atomic E-state index is 0.158. The molecular weight excluding hydrogens is 345 g/mol. The molecule has 0 aliphatic carbocycles. The molecule has 1 aromatic carbocycles. The van der Waals surface area contributed by atoms with Crippen molar-refractivity contribution in [2.45, 2.75) is 32.7 Å². The molecule has 0 aromatic heterocycles. The maximum atomic E-state index is 12.6. The third-order valence-corrected chi connectivity index (χ3v) is 5.83. The van der Waals surface area contributed by atoms with Gasteiger partial charge in [0.2, 0.25) is 0 Å². The maximum Gasteiger partial charge on any atom is 0.573 e. The topological polar surface area (TPSA) is 49.9 Å². The highest BCUT2D eigenvalue weighted by Crippen LogP contribution is 2.28. The van der Waals surface area contributed by atoms with Crippen LogP contribution in [-0.4, -0.2) is 43.5 Å². The predicted molar refractivity (Wildman–Crippen MR) is 83.5 cm³/mol. The van der Waals surface area contributed by atoms with E-state index < -0.39 is 16.6 Å². The van der Waals surface area contributed by atoms with Gasteiger partial charge in [0.25, 0.3) is 10.2 Å². The molecule has 1 unspecified atom stereocenters. The van der Waals surface area contributed by atoms with Gasteiger partial charge in [-0.2, -0.15) is 17.0 Å². The van der Waals surface area contributed by atoms with Crippen LogP contribution in [0.4, 0.5) is 13.2 Å². The zero-order valence-corrected chi connectivity index (χ0v) is 14.4. The summed E-state index contributed by atoms with van der Waals surface area (Å²) in [5.74, 6) is -0.123. The van der Waals surface area contributed by atoms with Gasteiger partial charge in [0.15, 0.2) is 0 Å². The van der Waals surface area contributed by atoms with Crippen LogP contribution in [0.15, 0.2) is 24.3 Å². The molecule has 136 valence electrons. The molecule has 0 amide bonds. The van der Waals surface area contributed by atoms with Crippen molar-refractivity contribution in [3.8, 4) is 5.75 Å². The molecule has 1 fully saturated rings. The standard InChI is InChI=1S/C15H21F3N2O3S/c1-12-6-5-9-20(10-12)24(21,22)19(2)11-13-7-3-4-8-14(13)23-15(16,17)18/h3-4,7-8,12H,5-6,9-11H2,1-2H3. The van der Waals surface area contributed by atoms with Crippen LogP contribution in [-0.2, 0) is 16.8 Å². The smallest absolute Gasteiger partial charge is 0.405 e. The Balaban J connectivity index is 2.15. The number of halogens is 3. The predicted octanol–water partition coefficient (Wildman–Crippen LogP) is 2.99. The SMILES string of the molecule is CC1CCCN(S(=O)(=O)N(C)Cc2ccccc2OC(F)(F)F)C1. The number of piperidine rings is 1. The minimum atomic E-state index is -4.82. The van der Waals surface area contributed by atoms with Gasteiger partial charge in [0.05, 0.1) is 0 Å². The molecule has 0 bridgehead atoms. The van der Waals surface area contributed by atoms with E-state index in [-0.39, 0.29) is 23.8 Å². The lowest BCUT2D eigenvalue weighted by atomic mass is 10.0. The van der Waals surface area contributed by atoms with E-state index >= 15 is 0 Å². The van der Waals surface area contributed by atoms with Gasteiger partial charge in [0, 0.05) is 32.2 Å². The van der Waals surface area contributed by atoms with Crippen molar-refractivity contribution in [1.29, 1.82) is 0 Å². The van der Waals surface area contributed by atoms with Crippen LogP contribution in [0.3, 0.4) is 0 Å². The van der Waals surface area contributed by atoms with Gasteiger partial charge in [-0.25, -0.2) is 0 Å². The molecule has 0 spiro atoms. The fourth-order valence-corrected chi connectivity index (χ4v) is 4.23. The third-order valence-electron chi connectivity index (χ3n) is 3.93. The summed E-state index contributed by atoms with van der Waals surface area (Å²) in [7, 11) is -2.36. The second-order valence-corrected chi connectivity index (χ2v) is 8.06. The molecule has 1 aromatic rings. The number of rotatable bonds is 5. The van der Waals surface area contributed by atoms with Gasteiger partial charge in [-0.1, -0.05) is 25.1 Å². The van der Waals surface area contributed by atoms with E-state index in [1.54, 1.807) is 6.07 Å². The van der Waals surface area contributed by atoms with Gasteiger partial charge in [-0.3, -0.25) is 0 Å². The summed E-state index contributed by atoms with van der Waals surface area (Å²) in [6.07, 6.45) is -3.07. The molecule has 2 rings (SSSR count). The average Bonchev–Trinajstić information content (AvgIpc) is 2.47. The molecule has 0 saturated carbocycles. The summed E-state index contributed by atoms with van der Waals surface area (Å²) in [5.41, 5.74) is 0.158. The number of benzene rings is 1. The molecule has 1 aliphatic heterocycles. The van der Waals surface area contributed by atoms with Crippen molar-refractivity contribution < 1.29 is 26.3 Å². The molecular formula is C15H21F3N2O3S. The van der Waals surface area contributed by atoms with Crippen molar-refractivity contribution in [1.82, 2.24) is 8.61 Å². The normalized spacial score (nSPS) is 20.3. The average molecular weight is 366 g/mol. The van der Waals surface area contributed by atoms with Gasteiger partial charge in [-0.05, 0) is 24.8 Å². The van der Waals surface area contributed by atoms with Gasteiger partial charge < -0.3 is 4.74 Å². The zero-order chi connectivity index (χ0) is 18.0. The zero-order valence-electron chi connectivity index (χ0n) is 13.6. The Morgan fingerprint density at radius 3 is 2.62 bits per heavy atom. The Bertz CT molecular complexity index is 664. The number of alkyl halides is 3. The Kier molecular flexibility index (Phi) is 5.77. The second kappa shape index (κ2) is 7.28. The molecule has 1 atom stereocenters. The van der Waals surface area contributed by atoms with Crippen LogP contribution >= 0.6 is 0 Å². The molecule has 0 N–H and O–H groups in total. The molecule has 1 heterocycles. The Hall–Kier alpha value is -1.32. The second-order valence-electron chi connectivity index (χ2n) is 6.02. The number of hydrogen-bond acceptors (Lipinski definition) is 3. The molecule has 24 heavy (non-hydrogen) atoms. The lowest BCUT2D eigenvalue weighted by molar-refractivity contribution is -0.274. The monoisotopic (exact) mass is 366 g/mol. The Morgan fingerprint density at radius 2 is 2.00 bits per heavy atom. The number of hydrogen-bond donors (Lipinski definition) is 0. The third kappa shape index (κ3) is 4.84. The van der Waals surface area contributed by atoms with Crippen molar-refractivity contribution in [2.24, 2.45) is 5.92 Å². The summed E-state index contributed by atoms with van der Waals surface area (Å²) < 4.78 is 69.1. The van der Waals surface area contributed by atoms with Crippen LogP contribution in [0.5, 0.6) is 5.75 Å². The van der Waals surface area contributed by atoms with Crippen LogP contribution in [0.25, 0.3) is 0 Å². The summed E-state index contributed by atoms with van der Waals surface area (Å²) in [6, 6.07) is 5.55. The van der Waals surface area contributed by atoms with Crippen molar-refractivity contribution in [3.63, 3.8) is 0 Å². The first-order chi connectivity index (χ1) is 11.1. The molecule has 0 radical (unpaired) electrons. The van der Waals surface area contributed by atoms with E-state index in [1.165, 1.54) is 29.6 Å². The van der Waals surface area contributed by atoms with E-state index in [0.717, 1.165) is 17.1 Å². The maximum absolute atomic E-state index is 12.6. The summed E-state index contributed by atoms with van der Waals surface area (Å²) in [4.78, 5) is 0. The lowest BCUT2D eigenvalue weighted by Gasteiger charge is -2.33. The minimum Gasteiger partial charge on any atom is -0.405 e. The number of para-hydroxylation sites is 1. The quantitative estimate of drug-likeness (QED) is 0.805. The summed E-state index contributed by atoms with van der Waals surface area (Å²) in [5, 5.41) is 0. The van der Waals surface area contributed by atoms with Crippen LogP contribution < -0.4 is 4.74 Å². The Labute approximate surface area is 140 Å². The van der Waals surface area contributed by atoms with E-state index in [9.17, 15) is 21.6 Å². The molecule has 5 nitrogen and oxygen atoms in total. The largest absolute Gasteiger partial charge is 0.573 e. The van der Waals surface area contributed by atoms with Crippen LogP contribution in [0.2, 0.25) is 0 Å². The van der Waals surface area contributed by atoms with Gasteiger partial charge >= 0.3 is 6.36 Å². The van der Waals surface area contributed by atoms with Crippen LogP contribution in [0, 0.1) is 5.92 Å². The fourth-order valence-electron chi connectivity index (χ4n) is 2.73. The summed E-state index contributed by atoms with van der Waals surface area (Å²) >= 11 is 0. The van der Waals surface area contributed by atoms with E-state index in [4.69, 9.17) is 0 Å². The lowest BCUT2D eigenvalue weighted by Crippen LogP contribution is -2.46. The molecule has 1 aliphatic rings. The highest BCUT2D eigenvalue weighted by atomic mass is 32.2. The van der Waals surface area contributed by atoms with E-state index in [0.29, 0.717) is 13.1 Å². The highest BCUT2D eigenvalue weighted by Gasteiger charge is 2.34. The first kappa shape index (κ1) is 19.0. The van der Waals surface area contributed by atoms with Gasteiger partial charge in [-0.15, -0.1) is 13.2 Å². The van der Waals surface area contributed by atoms with Crippen molar-refractivity contribution in [3.05, 3.63) is 29.8 Å². The number of nitrogens with zero attached hydrogens (tertiary/aromatic N) is 2. The van der Waals surface area contributed by atoms with Crippen molar-refractivity contribution in [2.75, 3.05) is 20.1 Å². The van der Waals surface area contributed by atoms with Crippen molar-refractivity contribution >= 4 is 10.2 Å². The first-order valence-electron chi connectivity index (χ1n) is 7.64. The fraction of sp³-hybridized carbons (Fsp3) is 0.600. The number of ether oxygens (including phenoxy) is 1. The van der Waals surface area contributed by atoms with E-state index in [2.05, 4.69) is 4.74 Å². The summed E-state index contributed by atoms with van der Waals surface area (Å²) in [6.45, 7) is 2.64. The van der Waals surface area contributed by atoms with E-state index in [1.807, 2.05) is 6.92 Å². The highest BCUT2D eigenvalue weighted by molar-refractivity contribution is 7.86. The van der Waals surface area contributed by atoms with Gasteiger partial charge in [0.1, 0.15) is 5.75 Å². The van der Waals surface area contributed by atoms with Crippen LogP contribution in [0.1, 0.15) is 25.3 Å². The first-order valence-corrected chi connectivity index (χ1v) is 9.04. The molecule has 9 heteroatoms.